The van der Waals surface area contributed by atoms with Gasteiger partial charge in [-0.2, -0.15) is 0 Å². The fourth-order valence-corrected chi connectivity index (χ4v) is 4.08. The van der Waals surface area contributed by atoms with Gasteiger partial charge in [0.2, 0.25) is 12.5 Å². The maximum absolute atomic E-state index is 5.52. The van der Waals surface area contributed by atoms with Gasteiger partial charge in [-0.1, -0.05) is 0 Å². The Labute approximate surface area is 143 Å². The van der Waals surface area contributed by atoms with Crippen molar-refractivity contribution in [3.05, 3.63) is 17.7 Å². The monoisotopic (exact) mass is 340 g/mol. The lowest BCUT2D eigenvalue weighted by Crippen LogP contribution is -2.46. The molecule has 2 fully saturated rings. The molecule has 5 nitrogen and oxygen atoms in total. The molecule has 6 heteroatoms. The summed E-state index contributed by atoms with van der Waals surface area (Å²) in [6.07, 6.45) is 5.20. The van der Waals surface area contributed by atoms with Gasteiger partial charge in [0.15, 0.2) is 11.5 Å². The molecule has 0 amide bonds. The third-order valence-electron chi connectivity index (χ3n) is 5.22. The van der Waals surface area contributed by atoms with Crippen molar-refractivity contribution < 1.29 is 14.2 Å². The highest BCUT2D eigenvalue weighted by Gasteiger charge is 2.35. The van der Waals surface area contributed by atoms with Crippen LogP contribution in [0.4, 0.5) is 0 Å². The van der Waals surface area contributed by atoms with Crippen molar-refractivity contribution in [1.82, 2.24) is 10.2 Å². The van der Waals surface area contributed by atoms with Crippen LogP contribution in [0.25, 0.3) is 0 Å². The van der Waals surface area contributed by atoms with Gasteiger partial charge in [-0.05, 0) is 50.4 Å². The van der Waals surface area contributed by atoms with Gasteiger partial charge in [0.1, 0.15) is 0 Å². The van der Waals surface area contributed by atoms with E-state index in [1.54, 1.807) is 7.11 Å². The van der Waals surface area contributed by atoms with Crippen LogP contribution in [0.5, 0.6) is 17.2 Å². The predicted molar refractivity (Wildman–Crippen MR) is 90.8 cm³/mol. The van der Waals surface area contributed by atoms with Crippen molar-refractivity contribution in [3.63, 3.8) is 0 Å². The molecular formula is C17H25ClN2O3. The summed E-state index contributed by atoms with van der Waals surface area (Å²) in [6, 6.07) is 6.25. The Bertz CT molecular complexity index is 557. The van der Waals surface area contributed by atoms with E-state index >= 15 is 0 Å². The molecule has 0 aliphatic carbocycles. The summed E-state index contributed by atoms with van der Waals surface area (Å²) in [5.74, 6) is 2.30. The van der Waals surface area contributed by atoms with Gasteiger partial charge in [-0.3, -0.25) is 4.90 Å². The normalized spacial score (nSPS) is 27.9. The smallest absolute Gasteiger partial charge is 0.231 e. The summed E-state index contributed by atoms with van der Waals surface area (Å²) in [6.45, 7) is 1.19. The number of ether oxygens (including phenoxy) is 3. The van der Waals surface area contributed by atoms with Crippen LogP contribution in [0.1, 0.15) is 31.2 Å². The zero-order chi connectivity index (χ0) is 15.1. The van der Waals surface area contributed by atoms with Crippen LogP contribution in [0.3, 0.4) is 0 Å². The summed E-state index contributed by atoms with van der Waals surface area (Å²) in [5.41, 5.74) is 1.22. The highest BCUT2D eigenvalue weighted by Crippen LogP contribution is 2.42. The summed E-state index contributed by atoms with van der Waals surface area (Å²) >= 11 is 0. The number of methoxy groups -OCH3 is 1. The van der Waals surface area contributed by atoms with E-state index in [1.807, 2.05) is 0 Å². The standard InChI is InChI=1S/C17H24N2O3.ClH/c1-19(14-7-12-3-4-13(8-14)18-12)9-11-5-15(20-2)17-16(6-11)21-10-22-17;/h5-6,12-14,18H,3-4,7-10H2,1-2H3;1H. The molecule has 3 aliphatic heterocycles. The number of benzene rings is 1. The average molecular weight is 341 g/mol. The molecule has 0 spiro atoms. The third-order valence-corrected chi connectivity index (χ3v) is 5.22. The SMILES string of the molecule is COc1cc(CN(C)C2CC3CCC(C2)N3)cc2c1OCO2.Cl. The molecule has 23 heavy (non-hydrogen) atoms. The van der Waals surface area contributed by atoms with Gasteiger partial charge in [0.25, 0.3) is 0 Å². The number of piperidine rings is 1. The van der Waals surface area contributed by atoms with Crippen LogP contribution >= 0.6 is 12.4 Å². The lowest BCUT2D eigenvalue weighted by molar-refractivity contribution is 0.165. The molecule has 3 heterocycles. The minimum Gasteiger partial charge on any atom is -0.493 e. The lowest BCUT2D eigenvalue weighted by atomic mass is 9.98. The number of hydrogen-bond acceptors (Lipinski definition) is 5. The van der Waals surface area contributed by atoms with E-state index < -0.39 is 0 Å². The van der Waals surface area contributed by atoms with Crippen molar-refractivity contribution in [2.24, 2.45) is 0 Å². The second-order valence-corrected chi connectivity index (χ2v) is 6.71. The Balaban J connectivity index is 0.00000156. The molecule has 2 saturated heterocycles. The van der Waals surface area contributed by atoms with E-state index in [9.17, 15) is 0 Å². The van der Waals surface area contributed by atoms with E-state index in [2.05, 4.69) is 29.4 Å². The number of nitrogens with one attached hydrogen (secondary N) is 1. The molecule has 0 aromatic heterocycles. The molecule has 2 unspecified atom stereocenters. The molecule has 2 atom stereocenters. The van der Waals surface area contributed by atoms with Crippen molar-refractivity contribution in [2.45, 2.75) is 50.4 Å². The Morgan fingerprint density at radius 1 is 1.22 bits per heavy atom. The van der Waals surface area contributed by atoms with Gasteiger partial charge in [0.05, 0.1) is 7.11 Å². The number of hydrogen-bond donors (Lipinski definition) is 1. The van der Waals surface area contributed by atoms with Crippen molar-refractivity contribution in [3.8, 4) is 17.2 Å². The molecule has 128 valence electrons. The molecule has 2 bridgehead atoms. The lowest BCUT2D eigenvalue weighted by Gasteiger charge is -2.35. The topological polar surface area (TPSA) is 43.0 Å². The highest BCUT2D eigenvalue weighted by atomic mass is 35.5. The molecule has 1 aromatic carbocycles. The minimum absolute atomic E-state index is 0. The van der Waals surface area contributed by atoms with Crippen LogP contribution in [0.2, 0.25) is 0 Å². The van der Waals surface area contributed by atoms with Crippen LogP contribution in [0, 0.1) is 0 Å². The van der Waals surface area contributed by atoms with Crippen LogP contribution < -0.4 is 19.5 Å². The highest BCUT2D eigenvalue weighted by molar-refractivity contribution is 5.85. The van der Waals surface area contributed by atoms with Crippen LogP contribution in [0.15, 0.2) is 12.1 Å². The molecule has 1 N–H and O–H groups in total. The summed E-state index contributed by atoms with van der Waals surface area (Å²) in [7, 11) is 3.90. The van der Waals surface area contributed by atoms with E-state index in [0.29, 0.717) is 6.04 Å². The Hall–Kier alpha value is -1.17. The first-order valence-corrected chi connectivity index (χ1v) is 8.15. The maximum atomic E-state index is 5.52. The van der Waals surface area contributed by atoms with Crippen molar-refractivity contribution >= 4 is 12.4 Å². The van der Waals surface area contributed by atoms with Gasteiger partial charge in [0, 0.05) is 24.7 Å². The summed E-state index contributed by atoms with van der Waals surface area (Å²) < 4.78 is 16.4. The molecule has 3 aliphatic rings. The minimum atomic E-state index is 0. The summed E-state index contributed by atoms with van der Waals surface area (Å²) in [4.78, 5) is 2.48. The Kier molecular flexibility index (Phi) is 4.90. The fraction of sp³-hybridized carbons (Fsp3) is 0.647. The number of rotatable bonds is 4. The zero-order valence-corrected chi connectivity index (χ0v) is 14.5. The molecule has 1 aromatic rings. The number of nitrogens with zero attached hydrogens (tertiary/aromatic N) is 1. The predicted octanol–water partition coefficient (Wildman–Crippen LogP) is 2.56. The Morgan fingerprint density at radius 2 is 1.96 bits per heavy atom. The summed E-state index contributed by atoms with van der Waals surface area (Å²) in [5, 5.41) is 3.71. The molecule has 0 saturated carbocycles. The fourth-order valence-electron chi connectivity index (χ4n) is 4.08. The van der Waals surface area contributed by atoms with E-state index in [-0.39, 0.29) is 19.2 Å². The average Bonchev–Trinajstić information content (AvgIpc) is 3.12. The maximum Gasteiger partial charge on any atom is 0.231 e. The van der Waals surface area contributed by atoms with E-state index in [0.717, 1.165) is 35.9 Å². The number of fused-ring (bicyclic) bond motifs is 3. The second-order valence-electron chi connectivity index (χ2n) is 6.71. The zero-order valence-electron chi connectivity index (χ0n) is 13.7. The molecule has 0 radical (unpaired) electrons. The van der Waals surface area contributed by atoms with Gasteiger partial charge < -0.3 is 19.5 Å². The van der Waals surface area contributed by atoms with Crippen LogP contribution in [-0.4, -0.2) is 44.0 Å². The van der Waals surface area contributed by atoms with Crippen molar-refractivity contribution in [1.29, 1.82) is 0 Å². The molecule has 4 rings (SSSR count). The molecular weight excluding hydrogens is 316 g/mol. The van der Waals surface area contributed by atoms with Gasteiger partial charge in [-0.25, -0.2) is 0 Å². The number of halogens is 1. The van der Waals surface area contributed by atoms with Crippen LogP contribution in [-0.2, 0) is 6.54 Å². The Morgan fingerprint density at radius 3 is 2.65 bits per heavy atom. The first kappa shape index (κ1) is 16.7. The van der Waals surface area contributed by atoms with Crippen molar-refractivity contribution in [2.75, 3.05) is 21.0 Å². The van der Waals surface area contributed by atoms with E-state index in [1.165, 1.54) is 31.2 Å². The largest absolute Gasteiger partial charge is 0.493 e. The van der Waals surface area contributed by atoms with Gasteiger partial charge >= 0.3 is 0 Å². The first-order chi connectivity index (χ1) is 10.7. The first-order valence-electron chi connectivity index (χ1n) is 8.15. The quantitative estimate of drug-likeness (QED) is 0.912. The second kappa shape index (κ2) is 6.75. The van der Waals surface area contributed by atoms with Gasteiger partial charge in [-0.15, -0.1) is 12.4 Å². The van der Waals surface area contributed by atoms with E-state index in [4.69, 9.17) is 14.2 Å². The third kappa shape index (κ3) is 3.23.